The van der Waals surface area contributed by atoms with E-state index < -0.39 is 0 Å². The van der Waals surface area contributed by atoms with E-state index in [0.29, 0.717) is 17.3 Å². The van der Waals surface area contributed by atoms with Crippen molar-refractivity contribution in [2.24, 2.45) is 0 Å². The molecule has 116 valence electrons. The van der Waals surface area contributed by atoms with Gasteiger partial charge in [-0.1, -0.05) is 58.5 Å². The van der Waals surface area contributed by atoms with Gasteiger partial charge in [-0.25, -0.2) is 0 Å². The molecular formula is C16H13Cl4NO. The van der Waals surface area contributed by atoms with Gasteiger partial charge in [0.1, 0.15) is 16.8 Å². The van der Waals surface area contributed by atoms with E-state index in [2.05, 4.69) is 5.32 Å². The van der Waals surface area contributed by atoms with Crippen LogP contribution in [-0.2, 0) is 6.54 Å². The van der Waals surface area contributed by atoms with Crippen LogP contribution in [-0.4, -0.2) is 6.61 Å². The van der Waals surface area contributed by atoms with Crippen LogP contribution in [0.25, 0.3) is 0 Å². The summed E-state index contributed by atoms with van der Waals surface area (Å²) in [5, 5.41) is 4.56. The third-order valence-electron chi connectivity index (χ3n) is 2.82. The van der Waals surface area contributed by atoms with Gasteiger partial charge in [0, 0.05) is 17.6 Å². The summed E-state index contributed by atoms with van der Waals surface area (Å²) in [6.07, 6.45) is 1.56. The van der Waals surface area contributed by atoms with Crippen LogP contribution < -0.4 is 10.1 Å². The zero-order valence-corrected chi connectivity index (χ0v) is 14.5. The lowest BCUT2D eigenvalue weighted by Crippen LogP contribution is -2.00. The molecule has 1 N–H and O–H groups in total. The molecule has 0 aliphatic heterocycles. The fraction of sp³-hybridized carbons (Fsp3) is 0.125. The van der Waals surface area contributed by atoms with Gasteiger partial charge in [-0.05, 0) is 35.9 Å². The number of rotatable bonds is 6. The highest BCUT2D eigenvalue weighted by Crippen LogP contribution is 2.27. The van der Waals surface area contributed by atoms with Crippen molar-refractivity contribution in [1.29, 1.82) is 0 Å². The second kappa shape index (κ2) is 8.54. The molecule has 0 bridgehead atoms. The van der Waals surface area contributed by atoms with Crippen molar-refractivity contribution < 1.29 is 4.74 Å². The van der Waals surface area contributed by atoms with Crippen molar-refractivity contribution in [2.75, 3.05) is 11.9 Å². The molecule has 22 heavy (non-hydrogen) atoms. The van der Waals surface area contributed by atoms with Gasteiger partial charge < -0.3 is 10.1 Å². The monoisotopic (exact) mass is 375 g/mol. The fourth-order valence-electron chi connectivity index (χ4n) is 1.73. The highest BCUT2D eigenvalue weighted by atomic mass is 35.5. The molecule has 0 atom stereocenters. The van der Waals surface area contributed by atoms with Crippen LogP contribution in [0.5, 0.6) is 5.75 Å². The van der Waals surface area contributed by atoms with E-state index in [1.807, 2.05) is 36.4 Å². The van der Waals surface area contributed by atoms with Gasteiger partial charge in [0.05, 0.1) is 10.7 Å². The smallest absolute Gasteiger partial charge is 0.121 e. The molecule has 2 nitrogen and oxygen atoms in total. The first-order chi connectivity index (χ1) is 10.5. The highest BCUT2D eigenvalue weighted by molar-refractivity contribution is 6.55. The Hall–Kier alpha value is -1.06. The number of anilines is 1. The lowest BCUT2D eigenvalue weighted by Gasteiger charge is -2.10. The second-order valence-electron chi connectivity index (χ2n) is 4.43. The van der Waals surface area contributed by atoms with Crippen LogP contribution in [0.15, 0.2) is 53.0 Å². The van der Waals surface area contributed by atoms with Crippen LogP contribution in [0.3, 0.4) is 0 Å². The number of ether oxygens (including phenoxy) is 1. The van der Waals surface area contributed by atoms with E-state index in [-0.39, 0.29) is 11.1 Å². The molecule has 0 aromatic heterocycles. The number of nitrogens with one attached hydrogen (secondary N) is 1. The van der Waals surface area contributed by atoms with E-state index >= 15 is 0 Å². The molecule has 0 saturated heterocycles. The van der Waals surface area contributed by atoms with Crippen LogP contribution in [0.1, 0.15) is 5.56 Å². The van der Waals surface area contributed by atoms with Crippen LogP contribution in [0, 0.1) is 0 Å². The average Bonchev–Trinajstić information content (AvgIpc) is 2.48. The maximum atomic E-state index is 6.23. The average molecular weight is 377 g/mol. The number of benzene rings is 2. The van der Waals surface area contributed by atoms with Crippen LogP contribution in [0.4, 0.5) is 5.69 Å². The molecule has 2 rings (SSSR count). The summed E-state index contributed by atoms with van der Waals surface area (Å²) < 4.78 is 5.63. The van der Waals surface area contributed by atoms with E-state index in [1.165, 1.54) is 0 Å². The lowest BCUT2D eigenvalue weighted by atomic mass is 10.2. The minimum absolute atomic E-state index is 0.173. The first-order valence-electron chi connectivity index (χ1n) is 6.46. The van der Waals surface area contributed by atoms with Gasteiger partial charge in [-0.3, -0.25) is 0 Å². The van der Waals surface area contributed by atoms with Crippen LogP contribution in [0.2, 0.25) is 10.0 Å². The summed E-state index contributed by atoms with van der Waals surface area (Å²) in [7, 11) is 0. The zero-order valence-electron chi connectivity index (χ0n) is 11.5. The van der Waals surface area contributed by atoms with Gasteiger partial charge in [0.15, 0.2) is 0 Å². The summed E-state index contributed by atoms with van der Waals surface area (Å²) in [6, 6.07) is 13.1. The summed E-state index contributed by atoms with van der Waals surface area (Å²) in [5.41, 5.74) is 1.94. The molecule has 0 aliphatic carbocycles. The molecule has 0 unspecified atom stereocenters. The molecule has 0 aliphatic rings. The molecule has 0 heterocycles. The van der Waals surface area contributed by atoms with Gasteiger partial charge in [0.25, 0.3) is 0 Å². The summed E-state index contributed by atoms with van der Waals surface area (Å²) >= 11 is 23.1. The first kappa shape index (κ1) is 17.3. The van der Waals surface area contributed by atoms with Crippen molar-refractivity contribution in [3.63, 3.8) is 0 Å². The van der Waals surface area contributed by atoms with E-state index in [0.717, 1.165) is 16.3 Å². The molecule has 6 heteroatoms. The summed E-state index contributed by atoms with van der Waals surface area (Å²) in [6.45, 7) is 0.942. The van der Waals surface area contributed by atoms with Gasteiger partial charge in [-0.2, -0.15) is 0 Å². The van der Waals surface area contributed by atoms with Gasteiger partial charge in [0.2, 0.25) is 0 Å². The topological polar surface area (TPSA) is 21.3 Å². The summed E-state index contributed by atoms with van der Waals surface area (Å²) in [5.74, 6) is 0.646. The molecule has 2 aromatic carbocycles. The predicted octanol–water partition coefficient (Wildman–Crippen LogP) is 6.30. The standard InChI is InChI=1S/C16H13Cl4NO/c17-12-3-1-11(2-4-12)10-21-15-6-5-13(9-14(15)18)22-8-7-16(19)20/h1-7,9,21H,8,10H2. The molecule has 0 saturated carbocycles. The zero-order chi connectivity index (χ0) is 15.9. The molecule has 0 fully saturated rings. The summed E-state index contributed by atoms with van der Waals surface area (Å²) in [4.78, 5) is 0. The fourth-order valence-corrected chi connectivity index (χ4v) is 2.22. The van der Waals surface area contributed by atoms with Crippen molar-refractivity contribution in [3.8, 4) is 5.75 Å². The number of hydrogen-bond acceptors (Lipinski definition) is 2. The van der Waals surface area contributed by atoms with Crippen molar-refractivity contribution in [1.82, 2.24) is 0 Å². The quantitative estimate of drug-likeness (QED) is 0.638. The molecule has 0 radical (unpaired) electrons. The van der Waals surface area contributed by atoms with Crippen LogP contribution >= 0.6 is 46.4 Å². The molecular weight excluding hydrogens is 364 g/mol. The van der Waals surface area contributed by atoms with Gasteiger partial charge in [-0.15, -0.1) is 0 Å². The second-order valence-corrected chi connectivity index (χ2v) is 6.28. The predicted molar refractivity (Wildman–Crippen MR) is 95.5 cm³/mol. The number of halogens is 4. The largest absolute Gasteiger partial charge is 0.489 e. The number of hydrogen-bond donors (Lipinski definition) is 1. The molecule has 0 spiro atoms. The third kappa shape index (κ3) is 5.62. The Morgan fingerprint density at radius 3 is 2.41 bits per heavy atom. The van der Waals surface area contributed by atoms with Gasteiger partial charge >= 0.3 is 0 Å². The SMILES string of the molecule is ClC(Cl)=CCOc1ccc(NCc2ccc(Cl)cc2)c(Cl)c1. The van der Waals surface area contributed by atoms with E-state index in [1.54, 1.807) is 12.1 Å². The lowest BCUT2D eigenvalue weighted by molar-refractivity contribution is 0.363. The van der Waals surface area contributed by atoms with E-state index in [4.69, 9.17) is 51.1 Å². The van der Waals surface area contributed by atoms with E-state index in [9.17, 15) is 0 Å². The highest BCUT2D eigenvalue weighted by Gasteiger charge is 2.03. The Morgan fingerprint density at radius 1 is 1.05 bits per heavy atom. The minimum atomic E-state index is 0.173. The Balaban J connectivity index is 1.94. The van der Waals surface area contributed by atoms with Crippen molar-refractivity contribution >= 4 is 52.1 Å². The maximum Gasteiger partial charge on any atom is 0.121 e. The Kier molecular flexibility index (Phi) is 6.71. The third-order valence-corrected chi connectivity index (χ3v) is 3.70. The van der Waals surface area contributed by atoms with Crippen molar-refractivity contribution in [2.45, 2.75) is 6.54 Å². The maximum absolute atomic E-state index is 6.23. The molecule has 0 amide bonds. The normalized spacial score (nSPS) is 10.2. The Bertz CT molecular complexity index is 652. The Labute approximate surface area is 149 Å². The molecule has 2 aromatic rings. The Morgan fingerprint density at radius 2 is 1.77 bits per heavy atom. The first-order valence-corrected chi connectivity index (χ1v) is 7.97. The van der Waals surface area contributed by atoms with Crippen molar-refractivity contribution in [3.05, 3.63) is 68.6 Å². The minimum Gasteiger partial charge on any atom is -0.489 e.